The van der Waals surface area contributed by atoms with Crippen molar-refractivity contribution in [2.75, 3.05) is 30.9 Å². The highest BCUT2D eigenvalue weighted by atomic mass is 32.1. The van der Waals surface area contributed by atoms with Gasteiger partial charge in [-0.2, -0.15) is 4.37 Å². The molecule has 1 aliphatic heterocycles. The first-order valence-electron chi connectivity index (χ1n) is 12.2. The Morgan fingerprint density at radius 2 is 1.95 bits per heavy atom. The molecule has 0 aliphatic carbocycles. The highest BCUT2D eigenvalue weighted by molar-refractivity contribution is 7.09. The molecule has 1 fully saturated rings. The van der Waals surface area contributed by atoms with Crippen LogP contribution in [0.3, 0.4) is 0 Å². The van der Waals surface area contributed by atoms with Gasteiger partial charge in [0.15, 0.2) is 5.69 Å². The number of aryl methyl sites for hydroxylation is 2. The van der Waals surface area contributed by atoms with Crippen molar-refractivity contribution in [3.05, 3.63) is 69.7 Å². The summed E-state index contributed by atoms with van der Waals surface area (Å²) in [6, 6.07) is 11.4. The largest absolute Gasteiger partial charge is 0.497 e. The van der Waals surface area contributed by atoms with Gasteiger partial charge in [-0.25, -0.2) is 0 Å². The van der Waals surface area contributed by atoms with Crippen LogP contribution in [0.5, 0.6) is 5.75 Å². The smallest absolute Gasteiger partial charge is 0.273 e. The molecule has 1 aromatic heterocycles. The minimum Gasteiger partial charge on any atom is -0.497 e. The van der Waals surface area contributed by atoms with E-state index < -0.39 is 23.8 Å². The Bertz CT molecular complexity index is 1330. The van der Waals surface area contributed by atoms with Crippen molar-refractivity contribution >= 4 is 40.6 Å². The van der Waals surface area contributed by atoms with Crippen LogP contribution in [0.25, 0.3) is 0 Å². The summed E-state index contributed by atoms with van der Waals surface area (Å²) in [4.78, 5) is 41.3. The number of nitrogens with two attached hydrogens (primary N) is 2. The zero-order valence-electron chi connectivity index (χ0n) is 21.5. The molecule has 11 heteroatoms. The monoisotopic (exact) mass is 537 g/mol. The van der Waals surface area contributed by atoms with E-state index in [-0.39, 0.29) is 22.4 Å². The molecule has 3 amide bonds. The second kappa shape index (κ2) is 11.6. The normalized spacial score (nSPS) is 15.6. The quantitative estimate of drug-likeness (QED) is 0.379. The lowest BCUT2D eigenvalue weighted by Gasteiger charge is -2.32. The average molecular weight is 538 g/mol. The second-order valence-corrected chi connectivity index (χ2v) is 9.93. The summed E-state index contributed by atoms with van der Waals surface area (Å²) in [5.41, 5.74) is 14.1. The van der Waals surface area contributed by atoms with Gasteiger partial charge in [-0.15, -0.1) is 0 Å². The predicted octanol–water partition coefficient (Wildman–Crippen LogP) is 3.13. The van der Waals surface area contributed by atoms with Crippen LogP contribution in [0.1, 0.15) is 55.7 Å². The highest BCUT2D eigenvalue weighted by Crippen LogP contribution is 2.35. The summed E-state index contributed by atoms with van der Waals surface area (Å²) in [7, 11) is 1.55. The molecule has 1 saturated heterocycles. The van der Waals surface area contributed by atoms with Gasteiger partial charge in [-0.3, -0.25) is 19.3 Å². The molecule has 2 heterocycles. The molecule has 1 aliphatic rings. The maximum absolute atomic E-state index is 14.2. The number of methoxy groups -OCH3 is 1. The van der Waals surface area contributed by atoms with Crippen LogP contribution < -0.4 is 26.4 Å². The van der Waals surface area contributed by atoms with Crippen LogP contribution in [0.2, 0.25) is 0 Å². The van der Waals surface area contributed by atoms with Crippen molar-refractivity contribution in [2.24, 2.45) is 5.73 Å². The second-order valence-electron chi connectivity index (χ2n) is 9.16. The Balaban J connectivity index is 1.84. The number of nitrogens with zero attached hydrogens (tertiary/aromatic N) is 2. The third kappa shape index (κ3) is 5.63. The number of hydrogen-bond acceptors (Lipinski definition) is 8. The number of carbonyl (C=O) groups is 3. The van der Waals surface area contributed by atoms with Gasteiger partial charge in [0.25, 0.3) is 11.8 Å². The molecule has 200 valence electrons. The third-order valence-electron chi connectivity index (χ3n) is 6.45. The molecule has 0 saturated carbocycles. The van der Waals surface area contributed by atoms with Crippen molar-refractivity contribution in [3.8, 4) is 5.75 Å². The minimum atomic E-state index is -1.07. The number of aromatic nitrogens is 1. The Hall–Kier alpha value is -3.96. The Labute approximate surface area is 225 Å². The molecular weight excluding hydrogens is 506 g/mol. The van der Waals surface area contributed by atoms with Crippen LogP contribution in [-0.4, -0.2) is 48.5 Å². The summed E-state index contributed by atoms with van der Waals surface area (Å²) in [6.45, 7) is 4.78. The number of benzene rings is 2. The molecule has 0 spiro atoms. The fraction of sp³-hybridized carbons (Fsp3) is 0.333. The van der Waals surface area contributed by atoms with Crippen LogP contribution in [0.4, 0.5) is 11.4 Å². The van der Waals surface area contributed by atoms with Crippen LogP contribution >= 0.6 is 11.5 Å². The molecular formula is C27H31N5O5S. The lowest BCUT2D eigenvalue weighted by atomic mass is 10.00. The molecule has 2 aromatic carbocycles. The number of hydrogen-bond donors (Lipinski definition) is 3. The van der Waals surface area contributed by atoms with Crippen LogP contribution in [-0.2, 0) is 9.53 Å². The molecule has 3 aromatic rings. The zero-order valence-corrected chi connectivity index (χ0v) is 22.3. The van der Waals surface area contributed by atoms with Crippen molar-refractivity contribution < 1.29 is 23.9 Å². The van der Waals surface area contributed by atoms with E-state index in [1.165, 1.54) is 4.90 Å². The molecule has 0 unspecified atom stereocenters. The van der Waals surface area contributed by atoms with Gasteiger partial charge >= 0.3 is 0 Å². The molecule has 5 N–H and O–H groups in total. The molecule has 0 bridgehead atoms. The number of rotatable bonds is 9. The average Bonchev–Trinajstić information content (AvgIpc) is 3.56. The molecule has 38 heavy (non-hydrogen) atoms. The highest BCUT2D eigenvalue weighted by Gasteiger charge is 2.37. The van der Waals surface area contributed by atoms with Gasteiger partial charge in [0, 0.05) is 18.8 Å². The summed E-state index contributed by atoms with van der Waals surface area (Å²) in [6.07, 6.45) is 1.69. The van der Waals surface area contributed by atoms with E-state index in [1.54, 1.807) is 37.4 Å². The minimum absolute atomic E-state index is 0.0178. The number of nitrogen functional groups attached to an aromatic ring is 1. The van der Waals surface area contributed by atoms with E-state index in [1.807, 2.05) is 26.0 Å². The van der Waals surface area contributed by atoms with Gasteiger partial charge in [-0.05, 0) is 67.5 Å². The van der Waals surface area contributed by atoms with Gasteiger partial charge < -0.3 is 26.3 Å². The number of nitrogens with one attached hydrogen (secondary N) is 1. The third-order valence-corrected chi connectivity index (χ3v) is 7.30. The Morgan fingerprint density at radius 1 is 1.21 bits per heavy atom. The summed E-state index contributed by atoms with van der Waals surface area (Å²) in [5.74, 6) is -1.20. The number of amides is 3. The predicted molar refractivity (Wildman–Crippen MR) is 145 cm³/mol. The maximum atomic E-state index is 14.2. The molecule has 10 nitrogen and oxygen atoms in total. The summed E-state index contributed by atoms with van der Waals surface area (Å²) in [5, 5.41) is 2.97. The summed E-state index contributed by atoms with van der Waals surface area (Å²) >= 11 is 0.770. The number of anilines is 2. The van der Waals surface area contributed by atoms with Crippen LogP contribution in [0.15, 0.2) is 42.5 Å². The van der Waals surface area contributed by atoms with Crippen molar-refractivity contribution in [3.63, 3.8) is 0 Å². The first-order chi connectivity index (χ1) is 18.2. The van der Waals surface area contributed by atoms with E-state index in [0.29, 0.717) is 30.2 Å². The first-order valence-corrected chi connectivity index (χ1v) is 13.0. The van der Waals surface area contributed by atoms with Crippen molar-refractivity contribution in [1.29, 1.82) is 0 Å². The molecule has 0 radical (unpaired) electrons. The Morgan fingerprint density at radius 3 is 2.53 bits per heavy atom. The Kier molecular flexibility index (Phi) is 8.28. The van der Waals surface area contributed by atoms with E-state index in [2.05, 4.69) is 9.69 Å². The molecule has 2 atom stereocenters. The zero-order chi connectivity index (χ0) is 27.4. The number of carbonyl (C=O) groups excluding carboxylic acids is 3. The SMILES string of the molecule is COc1ccc([C@H](C(=O)NC[C@@H]2CCCO2)N(C(=O)c2snc(C(N)=O)c2N)c2ccc(C)cc2C)cc1. The summed E-state index contributed by atoms with van der Waals surface area (Å²) < 4.78 is 15.0. The number of ether oxygens (including phenoxy) is 2. The lowest BCUT2D eigenvalue weighted by Crippen LogP contribution is -2.46. The van der Waals surface area contributed by atoms with E-state index in [0.717, 1.165) is 35.5 Å². The first kappa shape index (κ1) is 27.1. The van der Waals surface area contributed by atoms with E-state index in [9.17, 15) is 14.4 Å². The fourth-order valence-corrected chi connectivity index (χ4v) is 5.24. The van der Waals surface area contributed by atoms with E-state index in [4.69, 9.17) is 20.9 Å². The van der Waals surface area contributed by atoms with Crippen LogP contribution in [0, 0.1) is 13.8 Å². The van der Waals surface area contributed by atoms with Gasteiger partial charge in [0.2, 0.25) is 5.91 Å². The number of primary amides is 1. The van der Waals surface area contributed by atoms with E-state index >= 15 is 0 Å². The fourth-order valence-electron chi connectivity index (χ4n) is 4.50. The lowest BCUT2D eigenvalue weighted by molar-refractivity contribution is -0.123. The van der Waals surface area contributed by atoms with Crippen molar-refractivity contribution in [1.82, 2.24) is 9.69 Å². The molecule has 4 rings (SSSR count). The topological polar surface area (TPSA) is 150 Å². The standard InChI is InChI=1S/C27H31N5O5S/c1-15-6-11-20(16(2)13-15)32(27(35)24-21(28)22(25(29)33)31-38-24)23(17-7-9-18(36-3)10-8-17)26(34)30-14-19-5-4-12-37-19/h6-11,13,19,23H,4-5,12,14,28H2,1-3H3,(H2,29,33)(H,30,34)/t19-,23+/m0/s1. The van der Waals surface area contributed by atoms with Gasteiger partial charge in [0.1, 0.15) is 16.7 Å². The maximum Gasteiger partial charge on any atom is 0.273 e. The van der Waals surface area contributed by atoms with Gasteiger partial charge in [0.05, 0.1) is 18.9 Å². The van der Waals surface area contributed by atoms with Gasteiger partial charge in [-0.1, -0.05) is 29.8 Å². The van der Waals surface area contributed by atoms with Crippen molar-refractivity contribution in [2.45, 2.75) is 38.8 Å².